The van der Waals surface area contributed by atoms with Gasteiger partial charge in [-0.3, -0.25) is 24.0 Å². The van der Waals surface area contributed by atoms with Crippen LogP contribution in [-0.2, 0) is 24.0 Å². The van der Waals surface area contributed by atoms with Gasteiger partial charge in [0.1, 0.15) is 18.1 Å². The van der Waals surface area contributed by atoms with E-state index in [1.54, 1.807) is 11.9 Å². The lowest BCUT2D eigenvalue weighted by molar-refractivity contribution is -0.145. The number of likely N-dealkylation sites (tertiary alicyclic amines) is 1. The predicted molar refractivity (Wildman–Crippen MR) is 159 cm³/mol. The van der Waals surface area contributed by atoms with E-state index in [4.69, 9.17) is 5.73 Å². The van der Waals surface area contributed by atoms with Crippen molar-refractivity contribution < 1.29 is 28.8 Å². The number of carbonyl (C=O) groups excluding carboxylic acids is 6. The van der Waals surface area contributed by atoms with Crippen LogP contribution in [0.1, 0.15) is 80.6 Å². The van der Waals surface area contributed by atoms with Gasteiger partial charge in [-0.2, -0.15) is 0 Å². The largest absolute Gasteiger partial charge is 0.363 e. The summed E-state index contributed by atoms with van der Waals surface area (Å²) in [5.74, 6) is -2.97. The third-order valence-corrected chi connectivity index (χ3v) is 9.95. The monoisotopic (exact) mass is 602 g/mol. The van der Waals surface area contributed by atoms with Crippen molar-refractivity contribution in [2.75, 3.05) is 13.6 Å². The Balaban J connectivity index is 1.51. The van der Waals surface area contributed by atoms with E-state index in [1.165, 1.54) is 4.90 Å². The molecule has 240 valence electrons. The molecule has 1 aliphatic heterocycles. The van der Waals surface area contributed by atoms with Crippen LogP contribution in [-0.4, -0.2) is 89.0 Å². The SMILES string of the molecule is CC(C)[C@H](NC(=O)N[C@H](C(=O)N1C[C@H]2[C@@H]([C@H]1C(=O)NC(CC1CC1)C(=O)C(N)=O)C2(C)C)C(C)(C)C)C(=O)N(C)C1CC1. The van der Waals surface area contributed by atoms with Crippen LogP contribution < -0.4 is 21.7 Å². The van der Waals surface area contributed by atoms with Gasteiger partial charge in [0.25, 0.3) is 5.91 Å². The number of rotatable bonds is 12. The molecule has 3 aliphatic carbocycles. The van der Waals surface area contributed by atoms with Gasteiger partial charge in [-0.25, -0.2) is 4.79 Å². The average molecular weight is 603 g/mol. The number of piperidine rings is 1. The number of Topliss-reactive ketones (excluding diaryl/α,β-unsaturated/α-hetero) is 1. The summed E-state index contributed by atoms with van der Waals surface area (Å²) in [7, 11) is 1.74. The second-order valence-corrected chi connectivity index (χ2v) is 15.2. The van der Waals surface area contributed by atoms with Gasteiger partial charge in [-0.1, -0.05) is 61.3 Å². The van der Waals surface area contributed by atoms with Crippen molar-refractivity contribution in [1.29, 1.82) is 0 Å². The van der Waals surface area contributed by atoms with Crippen LogP contribution in [0.3, 0.4) is 0 Å². The number of likely N-dealkylation sites (N-methyl/N-ethyl adjacent to an activating group) is 1. The van der Waals surface area contributed by atoms with Crippen LogP contribution in [0.25, 0.3) is 0 Å². The van der Waals surface area contributed by atoms with Crippen LogP contribution >= 0.6 is 0 Å². The van der Waals surface area contributed by atoms with E-state index in [-0.39, 0.29) is 41.0 Å². The summed E-state index contributed by atoms with van der Waals surface area (Å²) in [5.41, 5.74) is 4.37. The van der Waals surface area contributed by atoms with E-state index in [9.17, 15) is 28.8 Å². The fraction of sp³-hybridized carbons (Fsp3) is 0.806. The second-order valence-electron chi connectivity index (χ2n) is 15.2. The van der Waals surface area contributed by atoms with Gasteiger partial charge < -0.3 is 31.5 Å². The fourth-order valence-electron chi connectivity index (χ4n) is 6.66. The number of nitrogens with zero attached hydrogens (tertiary/aromatic N) is 2. The molecular weight excluding hydrogens is 552 g/mol. The molecule has 3 saturated carbocycles. The molecule has 0 aromatic rings. The summed E-state index contributed by atoms with van der Waals surface area (Å²) in [6.45, 7) is 13.6. The Labute approximate surface area is 254 Å². The number of primary amides is 1. The van der Waals surface area contributed by atoms with Gasteiger partial charge >= 0.3 is 6.03 Å². The zero-order valence-electron chi connectivity index (χ0n) is 26.9. The maximum absolute atomic E-state index is 14.2. The number of carbonyl (C=O) groups is 6. The van der Waals surface area contributed by atoms with E-state index in [2.05, 4.69) is 29.8 Å². The number of hydrogen-bond acceptors (Lipinski definition) is 6. The molecule has 4 aliphatic rings. The fourth-order valence-corrected chi connectivity index (χ4v) is 6.66. The minimum Gasteiger partial charge on any atom is -0.363 e. The quantitative estimate of drug-likeness (QED) is 0.244. The third kappa shape index (κ3) is 6.98. The average Bonchev–Trinajstić information content (AvgIpc) is 3.85. The zero-order valence-corrected chi connectivity index (χ0v) is 26.9. The topological polar surface area (TPSA) is 171 Å². The lowest BCUT2D eigenvalue weighted by Gasteiger charge is -2.38. The number of nitrogens with one attached hydrogen (secondary N) is 3. The Kier molecular flexibility index (Phi) is 8.92. The van der Waals surface area contributed by atoms with E-state index < -0.39 is 59.1 Å². The van der Waals surface area contributed by atoms with Crippen molar-refractivity contribution in [2.45, 2.75) is 111 Å². The molecule has 12 heteroatoms. The Bertz CT molecular complexity index is 1170. The van der Waals surface area contributed by atoms with Crippen molar-refractivity contribution in [3.63, 3.8) is 0 Å². The second kappa shape index (κ2) is 11.7. The van der Waals surface area contributed by atoms with Crippen molar-refractivity contribution in [3.05, 3.63) is 0 Å². The van der Waals surface area contributed by atoms with Gasteiger partial charge in [0, 0.05) is 19.6 Å². The summed E-state index contributed by atoms with van der Waals surface area (Å²) < 4.78 is 0. The van der Waals surface area contributed by atoms with Gasteiger partial charge in [-0.15, -0.1) is 0 Å². The smallest absolute Gasteiger partial charge is 0.316 e. The predicted octanol–water partition coefficient (Wildman–Crippen LogP) is 1.17. The van der Waals surface area contributed by atoms with Crippen LogP contribution in [0.2, 0.25) is 0 Å². The van der Waals surface area contributed by atoms with Crippen molar-refractivity contribution in [2.24, 2.45) is 40.2 Å². The first-order valence-corrected chi connectivity index (χ1v) is 15.6. The summed E-state index contributed by atoms with van der Waals surface area (Å²) in [4.78, 5) is 81.9. The molecule has 0 spiro atoms. The molecule has 0 aromatic carbocycles. The lowest BCUT2D eigenvalue weighted by Crippen LogP contribution is -2.62. The first-order valence-electron chi connectivity index (χ1n) is 15.6. The van der Waals surface area contributed by atoms with Crippen LogP contribution in [0.5, 0.6) is 0 Å². The highest BCUT2D eigenvalue weighted by atomic mass is 16.2. The summed E-state index contributed by atoms with van der Waals surface area (Å²) >= 11 is 0. The third-order valence-electron chi connectivity index (χ3n) is 9.95. The van der Waals surface area contributed by atoms with Crippen LogP contribution in [0.15, 0.2) is 0 Å². The lowest BCUT2D eigenvalue weighted by atomic mass is 9.85. The highest BCUT2D eigenvalue weighted by Gasteiger charge is 2.70. The maximum atomic E-state index is 14.2. The van der Waals surface area contributed by atoms with Crippen molar-refractivity contribution in [1.82, 2.24) is 25.8 Å². The van der Waals surface area contributed by atoms with E-state index >= 15 is 0 Å². The molecule has 1 saturated heterocycles. The normalized spacial score (nSPS) is 26.1. The molecule has 6 amide bonds. The molecule has 4 rings (SSSR count). The number of amides is 6. The Morgan fingerprint density at radius 2 is 1.58 bits per heavy atom. The molecule has 5 N–H and O–H groups in total. The number of fused-ring (bicyclic) bond motifs is 1. The number of urea groups is 1. The van der Waals surface area contributed by atoms with E-state index in [1.807, 2.05) is 34.6 Å². The van der Waals surface area contributed by atoms with Gasteiger partial charge in [0.05, 0.1) is 6.04 Å². The van der Waals surface area contributed by atoms with Gasteiger partial charge in [0.2, 0.25) is 23.5 Å². The van der Waals surface area contributed by atoms with E-state index in [0.717, 1.165) is 25.7 Å². The van der Waals surface area contributed by atoms with Crippen LogP contribution in [0.4, 0.5) is 4.79 Å². The minimum absolute atomic E-state index is 0.0799. The van der Waals surface area contributed by atoms with Crippen LogP contribution in [0, 0.1) is 34.5 Å². The Morgan fingerprint density at radius 1 is 0.977 bits per heavy atom. The summed E-state index contributed by atoms with van der Waals surface area (Å²) in [6.07, 6.45) is 4.07. The molecular formula is C31H50N6O6. The molecule has 6 atom stereocenters. The minimum atomic E-state index is -1.10. The first kappa shape index (κ1) is 32.7. The highest BCUT2D eigenvalue weighted by Crippen LogP contribution is 2.65. The number of hydrogen-bond donors (Lipinski definition) is 4. The highest BCUT2D eigenvalue weighted by molar-refractivity contribution is 6.37. The van der Waals surface area contributed by atoms with E-state index in [0.29, 0.717) is 13.0 Å². The first-order chi connectivity index (χ1) is 19.9. The molecule has 0 aromatic heterocycles. The summed E-state index contributed by atoms with van der Waals surface area (Å²) in [5, 5.41) is 8.37. The zero-order chi connectivity index (χ0) is 32.2. The standard InChI is InChI=1S/C31H50N6O6/c1-15(2)21(27(41)36(8)17-11-12-17)34-29(43)35-24(30(3,4)5)28(42)37-14-18-20(31(18,6)7)22(37)26(40)33-19(13-16-9-10-16)23(38)25(32)39/h15-22,24H,9-14H2,1-8H3,(H2,32,39)(H,33,40)(H2,34,35,43)/t18-,19?,20-,21-,22-,24+/m0/s1. The van der Waals surface area contributed by atoms with Gasteiger partial charge in [0.15, 0.2) is 0 Å². The summed E-state index contributed by atoms with van der Waals surface area (Å²) in [6, 6.07) is -4.09. The Hall–Kier alpha value is -3.18. The van der Waals surface area contributed by atoms with Crippen molar-refractivity contribution in [3.8, 4) is 0 Å². The molecule has 43 heavy (non-hydrogen) atoms. The Morgan fingerprint density at radius 3 is 2.07 bits per heavy atom. The molecule has 4 fully saturated rings. The molecule has 12 nitrogen and oxygen atoms in total. The number of ketones is 1. The number of nitrogens with two attached hydrogens (primary N) is 1. The molecule has 0 bridgehead atoms. The van der Waals surface area contributed by atoms with Gasteiger partial charge in [-0.05, 0) is 53.8 Å². The molecule has 1 unspecified atom stereocenters. The van der Waals surface area contributed by atoms with Crippen molar-refractivity contribution >= 4 is 35.4 Å². The molecule has 0 radical (unpaired) electrons. The molecule has 1 heterocycles. The maximum Gasteiger partial charge on any atom is 0.316 e.